The highest BCUT2D eigenvalue weighted by Gasteiger charge is 2.09. The van der Waals surface area contributed by atoms with E-state index in [-0.39, 0.29) is 12.5 Å². The van der Waals surface area contributed by atoms with Crippen LogP contribution in [0.3, 0.4) is 0 Å². The molecule has 0 aliphatic heterocycles. The van der Waals surface area contributed by atoms with Gasteiger partial charge in [-0.15, -0.1) is 0 Å². The monoisotopic (exact) mass is 245 g/mol. The average Bonchev–Trinajstić information content (AvgIpc) is 2.36. The largest absolute Gasteiger partial charge is 0.384 e. The molecule has 1 rings (SSSR count). The lowest BCUT2D eigenvalue weighted by atomic mass is 10.0. The number of amides is 1. The number of hydrogen-bond acceptors (Lipinski definition) is 2. The Kier molecular flexibility index (Phi) is 5.96. The molecule has 0 aromatic heterocycles. The molecule has 1 aromatic rings. The topological polar surface area (TPSA) is 49.3 Å². The molecule has 0 heterocycles. The van der Waals surface area contributed by atoms with Crippen molar-refractivity contribution in [2.75, 3.05) is 13.2 Å². The van der Waals surface area contributed by atoms with E-state index < -0.39 is 0 Å². The molecule has 0 unspecified atom stereocenters. The van der Waals surface area contributed by atoms with Crippen LogP contribution in [0.2, 0.25) is 0 Å². The number of nitrogens with one attached hydrogen (secondary N) is 1. The summed E-state index contributed by atoms with van der Waals surface area (Å²) < 4.78 is 0. The molecule has 0 bridgehead atoms. The minimum absolute atomic E-state index is 0.106. The third kappa shape index (κ3) is 4.23. The first-order chi connectivity index (χ1) is 8.69. The van der Waals surface area contributed by atoms with Crippen LogP contribution in [0.4, 0.5) is 0 Å². The number of carbonyl (C=O) groups is 1. The van der Waals surface area contributed by atoms with Gasteiger partial charge < -0.3 is 10.4 Å². The maximum atomic E-state index is 12.0. The Morgan fingerprint density at radius 2 is 2.22 bits per heavy atom. The van der Waals surface area contributed by atoms with Crippen LogP contribution in [0.5, 0.6) is 0 Å². The maximum absolute atomic E-state index is 12.0. The fourth-order valence-corrected chi connectivity index (χ4v) is 1.57. The summed E-state index contributed by atoms with van der Waals surface area (Å²) >= 11 is 0. The van der Waals surface area contributed by atoms with Crippen LogP contribution in [0, 0.1) is 18.8 Å². The van der Waals surface area contributed by atoms with Gasteiger partial charge in [-0.1, -0.05) is 31.3 Å². The summed E-state index contributed by atoms with van der Waals surface area (Å²) in [5.74, 6) is 5.29. The van der Waals surface area contributed by atoms with Crippen LogP contribution in [0.1, 0.15) is 41.3 Å². The Labute approximate surface area is 108 Å². The van der Waals surface area contributed by atoms with E-state index in [1.807, 2.05) is 19.1 Å². The molecule has 1 amide bonds. The molecule has 0 aliphatic rings. The third-order valence-corrected chi connectivity index (χ3v) is 2.54. The van der Waals surface area contributed by atoms with Crippen molar-refractivity contribution in [1.29, 1.82) is 0 Å². The van der Waals surface area contributed by atoms with E-state index in [0.717, 1.165) is 18.4 Å². The lowest BCUT2D eigenvalue weighted by Crippen LogP contribution is -2.25. The summed E-state index contributed by atoms with van der Waals surface area (Å²) in [6.07, 6.45) is 2.01. The first kappa shape index (κ1) is 14.3. The second kappa shape index (κ2) is 7.52. The van der Waals surface area contributed by atoms with E-state index in [9.17, 15) is 4.79 Å². The van der Waals surface area contributed by atoms with E-state index in [0.29, 0.717) is 17.7 Å². The summed E-state index contributed by atoms with van der Waals surface area (Å²) in [5.41, 5.74) is 2.28. The zero-order chi connectivity index (χ0) is 13.4. The number of aliphatic hydroxyl groups excluding tert-OH is 1. The lowest BCUT2D eigenvalue weighted by Gasteiger charge is -2.07. The zero-order valence-corrected chi connectivity index (χ0v) is 10.9. The molecule has 0 atom stereocenters. The van der Waals surface area contributed by atoms with Crippen molar-refractivity contribution in [3.8, 4) is 11.8 Å². The van der Waals surface area contributed by atoms with Crippen LogP contribution in [0.15, 0.2) is 18.2 Å². The van der Waals surface area contributed by atoms with Gasteiger partial charge in [0.2, 0.25) is 0 Å². The normalized spacial score (nSPS) is 9.50. The summed E-state index contributed by atoms with van der Waals surface area (Å²) in [7, 11) is 0. The van der Waals surface area contributed by atoms with Crippen LogP contribution >= 0.6 is 0 Å². The molecule has 0 spiro atoms. The van der Waals surface area contributed by atoms with Gasteiger partial charge in [0.25, 0.3) is 5.91 Å². The molecule has 0 radical (unpaired) electrons. The molecule has 0 fully saturated rings. The smallest absolute Gasteiger partial charge is 0.252 e. The summed E-state index contributed by atoms with van der Waals surface area (Å²) in [4.78, 5) is 12.0. The molecule has 18 heavy (non-hydrogen) atoms. The molecule has 3 nitrogen and oxygen atoms in total. The van der Waals surface area contributed by atoms with Gasteiger partial charge >= 0.3 is 0 Å². The first-order valence-electron chi connectivity index (χ1n) is 6.17. The number of rotatable bonds is 4. The van der Waals surface area contributed by atoms with Gasteiger partial charge in [-0.2, -0.15) is 0 Å². The number of benzene rings is 1. The van der Waals surface area contributed by atoms with Crippen molar-refractivity contribution in [3.05, 3.63) is 34.9 Å². The van der Waals surface area contributed by atoms with Crippen LogP contribution in [-0.4, -0.2) is 24.2 Å². The number of unbranched alkanes of at least 4 members (excludes halogenated alkanes) is 1. The van der Waals surface area contributed by atoms with Crippen molar-refractivity contribution in [2.24, 2.45) is 0 Å². The molecule has 2 N–H and O–H groups in total. The maximum Gasteiger partial charge on any atom is 0.252 e. The van der Waals surface area contributed by atoms with Gasteiger partial charge in [-0.05, 0) is 31.0 Å². The fraction of sp³-hybridized carbons (Fsp3) is 0.400. The first-order valence-corrected chi connectivity index (χ1v) is 6.17. The van der Waals surface area contributed by atoms with Crippen LogP contribution < -0.4 is 5.32 Å². The molecule has 96 valence electrons. The van der Waals surface area contributed by atoms with Crippen molar-refractivity contribution < 1.29 is 9.90 Å². The zero-order valence-electron chi connectivity index (χ0n) is 10.9. The predicted molar refractivity (Wildman–Crippen MR) is 72.4 cm³/mol. The predicted octanol–water partition coefficient (Wildman–Crippen LogP) is 1.87. The van der Waals surface area contributed by atoms with Gasteiger partial charge in [0.15, 0.2) is 0 Å². The number of carbonyl (C=O) groups excluding carboxylic acids is 1. The summed E-state index contributed by atoms with van der Waals surface area (Å²) in [6, 6.07) is 5.52. The van der Waals surface area contributed by atoms with Gasteiger partial charge in [-0.3, -0.25) is 4.79 Å². The quantitative estimate of drug-likeness (QED) is 0.628. The highest BCUT2D eigenvalue weighted by molar-refractivity contribution is 5.96. The van der Waals surface area contributed by atoms with E-state index in [1.54, 1.807) is 6.07 Å². The number of aliphatic hydroxyl groups is 1. The Bertz CT molecular complexity index is 469. The Morgan fingerprint density at radius 3 is 2.89 bits per heavy atom. The minimum Gasteiger partial charge on any atom is -0.384 e. The molecule has 0 saturated carbocycles. The van der Waals surface area contributed by atoms with Gasteiger partial charge in [0, 0.05) is 12.1 Å². The van der Waals surface area contributed by atoms with Gasteiger partial charge in [0.1, 0.15) is 6.61 Å². The third-order valence-electron chi connectivity index (χ3n) is 2.54. The molecule has 0 aliphatic carbocycles. The molecular weight excluding hydrogens is 226 g/mol. The molecule has 1 aromatic carbocycles. The van der Waals surface area contributed by atoms with E-state index in [1.165, 1.54) is 0 Å². The van der Waals surface area contributed by atoms with Crippen molar-refractivity contribution in [2.45, 2.75) is 26.7 Å². The number of hydrogen-bond donors (Lipinski definition) is 2. The SMILES string of the molecule is CCCCNC(=O)c1ccc(C)cc1C#CCO. The Balaban J connectivity index is 2.89. The summed E-state index contributed by atoms with van der Waals surface area (Å²) in [6.45, 7) is 4.50. The molecular formula is C15H19NO2. The summed E-state index contributed by atoms with van der Waals surface area (Å²) in [5, 5.41) is 11.6. The highest BCUT2D eigenvalue weighted by atomic mass is 16.2. The lowest BCUT2D eigenvalue weighted by molar-refractivity contribution is 0.0953. The second-order valence-corrected chi connectivity index (χ2v) is 4.12. The highest BCUT2D eigenvalue weighted by Crippen LogP contribution is 2.10. The van der Waals surface area contributed by atoms with Gasteiger partial charge in [0.05, 0.1) is 5.56 Å². The van der Waals surface area contributed by atoms with Crippen LogP contribution in [0.25, 0.3) is 0 Å². The van der Waals surface area contributed by atoms with E-state index in [2.05, 4.69) is 24.1 Å². The second-order valence-electron chi connectivity index (χ2n) is 4.12. The van der Waals surface area contributed by atoms with Crippen molar-refractivity contribution in [3.63, 3.8) is 0 Å². The fourth-order valence-electron chi connectivity index (χ4n) is 1.57. The van der Waals surface area contributed by atoms with Crippen molar-refractivity contribution >= 4 is 5.91 Å². The number of aryl methyl sites for hydroxylation is 1. The average molecular weight is 245 g/mol. The van der Waals surface area contributed by atoms with Crippen molar-refractivity contribution in [1.82, 2.24) is 5.32 Å². The standard InChI is InChI=1S/C15H19NO2/c1-3-4-9-16-15(18)14-8-7-12(2)11-13(14)6-5-10-17/h7-8,11,17H,3-4,9-10H2,1-2H3,(H,16,18). The molecule has 0 saturated heterocycles. The molecule has 3 heteroatoms. The minimum atomic E-state index is -0.204. The van der Waals surface area contributed by atoms with Crippen LogP contribution in [-0.2, 0) is 0 Å². The van der Waals surface area contributed by atoms with Gasteiger partial charge in [-0.25, -0.2) is 0 Å². The van der Waals surface area contributed by atoms with E-state index >= 15 is 0 Å². The Hall–Kier alpha value is -1.79. The van der Waals surface area contributed by atoms with E-state index in [4.69, 9.17) is 5.11 Å². The Morgan fingerprint density at radius 1 is 1.44 bits per heavy atom.